The molecule has 3 aromatic rings. The fourth-order valence-electron chi connectivity index (χ4n) is 3.98. The molecule has 0 aliphatic rings. The van der Waals surface area contributed by atoms with Crippen LogP contribution in [0.4, 0.5) is 0 Å². The zero-order valence-corrected chi connectivity index (χ0v) is 26.9. The van der Waals surface area contributed by atoms with Crippen molar-refractivity contribution >= 4 is 40.7 Å². The number of phenols is 1. The van der Waals surface area contributed by atoms with Crippen molar-refractivity contribution < 1.29 is 48.4 Å². The number of carboxylic acid groups (broad SMARTS) is 1. The Morgan fingerprint density at radius 3 is 1.98 bits per heavy atom. The highest BCUT2D eigenvalue weighted by atomic mass is 16.6. The number of phenolic OH excluding ortho intramolecular Hbond substituents is 1. The molecule has 16 nitrogen and oxygen atoms in total. The Morgan fingerprint density at radius 1 is 0.750 bits per heavy atom. The number of hydrogen-bond donors (Lipinski definition) is 8. The van der Waals surface area contributed by atoms with Crippen LogP contribution in [0.1, 0.15) is 31.9 Å². The molecule has 13 N–H and O–H groups in total. The van der Waals surface area contributed by atoms with Crippen molar-refractivity contribution in [1.82, 2.24) is 4.98 Å². The third-order valence-corrected chi connectivity index (χ3v) is 7.11. The summed E-state index contributed by atoms with van der Waals surface area (Å²) >= 11 is 0. The molecule has 0 radical (unpaired) electrons. The summed E-state index contributed by atoms with van der Waals surface area (Å²) in [6.07, 6.45) is 1.18. The fourth-order valence-corrected chi connectivity index (χ4v) is 3.98. The Balaban J connectivity index is 0.000000513. The SMILES string of the molecule is CC(C)[C@H](N)C(=O)OC(=O)[C@@H](N)COC(=O)[C@@H](N)[C@@H](C)OC(=O)[C@@H](N)Cc1c[nH]c2ccccc12.N[C@@H](Cc1ccc(O)cc1)C(=O)O. The molecule has 1 heterocycles. The molecule has 6 atom stereocenters. The van der Waals surface area contributed by atoms with Gasteiger partial charge in [-0.2, -0.15) is 0 Å². The summed E-state index contributed by atoms with van der Waals surface area (Å²) in [7, 11) is 0. The Bertz CT molecular complexity index is 1540. The lowest BCUT2D eigenvalue weighted by molar-refractivity contribution is -0.164. The van der Waals surface area contributed by atoms with Crippen molar-refractivity contribution in [3.63, 3.8) is 0 Å². The summed E-state index contributed by atoms with van der Waals surface area (Å²) < 4.78 is 14.7. The van der Waals surface area contributed by atoms with E-state index in [2.05, 4.69) is 9.72 Å². The van der Waals surface area contributed by atoms with E-state index in [0.29, 0.717) is 0 Å². The van der Waals surface area contributed by atoms with Crippen molar-refractivity contribution in [1.29, 1.82) is 0 Å². The number of ether oxygens (including phenoxy) is 3. The molecule has 0 fully saturated rings. The van der Waals surface area contributed by atoms with Gasteiger partial charge in [-0.05, 0) is 48.6 Å². The molecule has 0 aliphatic heterocycles. The second-order valence-electron chi connectivity index (χ2n) is 11.4. The average molecular weight is 673 g/mol. The van der Waals surface area contributed by atoms with Crippen LogP contribution in [0.5, 0.6) is 5.75 Å². The molecule has 3 rings (SSSR count). The number of esters is 4. The smallest absolute Gasteiger partial charge is 0.334 e. The number of H-pyrrole nitrogens is 1. The summed E-state index contributed by atoms with van der Waals surface area (Å²) in [5.41, 5.74) is 30.9. The number of aliphatic carboxylic acids is 1. The van der Waals surface area contributed by atoms with Gasteiger partial charge >= 0.3 is 29.8 Å². The lowest BCUT2D eigenvalue weighted by Gasteiger charge is -2.21. The number of benzene rings is 2. The van der Waals surface area contributed by atoms with Gasteiger partial charge in [0, 0.05) is 23.5 Å². The predicted molar refractivity (Wildman–Crippen MR) is 174 cm³/mol. The van der Waals surface area contributed by atoms with Crippen molar-refractivity contribution in [2.24, 2.45) is 34.6 Å². The van der Waals surface area contributed by atoms with Gasteiger partial charge in [-0.3, -0.25) is 14.4 Å². The zero-order chi connectivity index (χ0) is 36.1. The molecule has 0 saturated carbocycles. The van der Waals surface area contributed by atoms with Crippen LogP contribution in [0.3, 0.4) is 0 Å². The highest BCUT2D eigenvalue weighted by Gasteiger charge is 2.30. The molecule has 0 aliphatic carbocycles. The number of aromatic amines is 1. The van der Waals surface area contributed by atoms with Crippen molar-refractivity contribution in [3.05, 3.63) is 65.9 Å². The summed E-state index contributed by atoms with van der Waals surface area (Å²) in [6, 6.07) is 8.21. The topological polar surface area (TPSA) is 299 Å². The van der Waals surface area contributed by atoms with Crippen LogP contribution in [0.2, 0.25) is 0 Å². The summed E-state index contributed by atoms with van der Waals surface area (Å²) in [5.74, 6) is -4.86. The molecule has 0 unspecified atom stereocenters. The lowest BCUT2D eigenvalue weighted by Crippen LogP contribution is -2.48. The molecule has 1 aromatic heterocycles. The lowest BCUT2D eigenvalue weighted by atomic mass is 10.1. The second-order valence-corrected chi connectivity index (χ2v) is 11.4. The number of aromatic hydroxyl groups is 1. The third-order valence-electron chi connectivity index (χ3n) is 7.11. The number of fused-ring (bicyclic) bond motifs is 1. The maximum absolute atomic E-state index is 12.4. The number of nitrogens with two attached hydrogens (primary N) is 5. The second kappa shape index (κ2) is 18.5. The fraction of sp³-hybridized carbons (Fsp3) is 0.406. The number of rotatable bonds is 14. The largest absolute Gasteiger partial charge is 0.508 e. The molecular formula is C32H44N6O10. The molecular weight excluding hydrogens is 628 g/mol. The van der Waals surface area contributed by atoms with E-state index in [9.17, 15) is 24.0 Å². The molecule has 0 spiro atoms. The normalized spacial score (nSPS) is 14.8. The van der Waals surface area contributed by atoms with E-state index in [1.54, 1.807) is 32.2 Å². The Morgan fingerprint density at radius 2 is 1.38 bits per heavy atom. The van der Waals surface area contributed by atoms with E-state index >= 15 is 0 Å². The van der Waals surface area contributed by atoms with Crippen LogP contribution in [0.15, 0.2) is 54.7 Å². The Labute approximate surface area is 276 Å². The summed E-state index contributed by atoms with van der Waals surface area (Å²) in [4.78, 5) is 61.8. The van der Waals surface area contributed by atoms with E-state index < -0.39 is 72.8 Å². The maximum atomic E-state index is 12.4. The quantitative estimate of drug-likeness (QED) is 0.0612. The van der Waals surface area contributed by atoms with E-state index in [0.717, 1.165) is 22.0 Å². The first-order chi connectivity index (χ1) is 22.5. The molecule has 0 amide bonds. The molecule has 2 aromatic carbocycles. The first kappa shape index (κ1) is 39.3. The minimum Gasteiger partial charge on any atom is -0.508 e. The Kier molecular flexibility index (Phi) is 15.1. The first-order valence-corrected chi connectivity index (χ1v) is 15.0. The van der Waals surface area contributed by atoms with Crippen LogP contribution in [-0.2, 0) is 51.0 Å². The Hall–Kier alpha value is -4.87. The summed E-state index contributed by atoms with van der Waals surface area (Å²) in [5, 5.41) is 18.4. The van der Waals surface area contributed by atoms with Crippen LogP contribution < -0.4 is 28.7 Å². The van der Waals surface area contributed by atoms with Gasteiger partial charge in [0.25, 0.3) is 0 Å². The van der Waals surface area contributed by atoms with Gasteiger partial charge in [0.05, 0.1) is 0 Å². The van der Waals surface area contributed by atoms with Crippen molar-refractivity contribution in [2.45, 2.75) is 69.9 Å². The van der Waals surface area contributed by atoms with E-state index in [1.807, 2.05) is 24.3 Å². The number of carbonyl (C=O) groups excluding carboxylic acids is 4. The van der Waals surface area contributed by atoms with Gasteiger partial charge in [0.2, 0.25) is 0 Å². The molecule has 48 heavy (non-hydrogen) atoms. The van der Waals surface area contributed by atoms with Crippen molar-refractivity contribution in [3.8, 4) is 5.75 Å². The van der Waals surface area contributed by atoms with Crippen LogP contribution in [-0.4, -0.2) is 88.0 Å². The number of para-hydroxylation sites is 1. The minimum atomic E-state index is -1.43. The monoisotopic (exact) mass is 672 g/mol. The highest BCUT2D eigenvalue weighted by molar-refractivity contribution is 5.91. The van der Waals surface area contributed by atoms with E-state index in [-0.39, 0.29) is 24.5 Å². The van der Waals surface area contributed by atoms with Gasteiger partial charge in [-0.15, -0.1) is 0 Å². The van der Waals surface area contributed by atoms with Crippen LogP contribution >= 0.6 is 0 Å². The molecule has 262 valence electrons. The molecule has 16 heteroatoms. The van der Waals surface area contributed by atoms with Gasteiger partial charge in [0.1, 0.15) is 48.7 Å². The van der Waals surface area contributed by atoms with Crippen LogP contribution in [0.25, 0.3) is 10.9 Å². The summed E-state index contributed by atoms with van der Waals surface area (Å²) in [6.45, 7) is 4.17. The number of carboxylic acids is 1. The van der Waals surface area contributed by atoms with Crippen molar-refractivity contribution in [2.75, 3.05) is 6.61 Å². The van der Waals surface area contributed by atoms with E-state index in [1.165, 1.54) is 19.1 Å². The highest BCUT2D eigenvalue weighted by Crippen LogP contribution is 2.19. The average Bonchev–Trinajstić information content (AvgIpc) is 3.46. The van der Waals surface area contributed by atoms with Gasteiger partial charge in [0.15, 0.2) is 0 Å². The predicted octanol–water partition coefficient (Wildman–Crippen LogP) is -0.433. The molecule has 0 bridgehead atoms. The van der Waals surface area contributed by atoms with Crippen LogP contribution in [0, 0.1) is 5.92 Å². The number of aromatic nitrogens is 1. The third kappa shape index (κ3) is 12.1. The van der Waals surface area contributed by atoms with Gasteiger partial charge in [-0.1, -0.05) is 44.2 Å². The van der Waals surface area contributed by atoms with Gasteiger partial charge in [-0.25, -0.2) is 9.59 Å². The first-order valence-electron chi connectivity index (χ1n) is 15.0. The standard InChI is InChI=1S/C23H33N5O7.C9H11NO3/c1-11(2)18(26)23(32)35-21(30)16(25)10-33-22(31)19(27)12(3)34-20(29)15(24)8-13-9-28-17-7-5-4-6-14(13)17;10-8(9(12)13)5-6-1-3-7(11)4-2-6/h4-7,9,11-12,15-16,18-19,28H,8,10,24-27H2,1-3H3;1-4,8,11H,5,10H2,(H,12,13)/t12-,15+,16+,18+,19+;8-/m10/s1. The van der Waals surface area contributed by atoms with E-state index in [4.69, 9.17) is 48.4 Å². The van der Waals surface area contributed by atoms with Gasteiger partial charge < -0.3 is 58.1 Å². The minimum absolute atomic E-state index is 0.160. The number of hydrogen-bond acceptors (Lipinski definition) is 14. The maximum Gasteiger partial charge on any atom is 0.334 e. The molecule has 0 saturated heterocycles. The zero-order valence-electron chi connectivity index (χ0n) is 26.9. The number of nitrogens with one attached hydrogen (secondary N) is 1. The number of carbonyl (C=O) groups is 5.